The highest BCUT2D eigenvalue weighted by Crippen LogP contribution is 2.36. The molecule has 2 aromatic heterocycles. The van der Waals surface area contributed by atoms with E-state index in [1.807, 2.05) is 18.7 Å². The molecule has 0 unspecified atom stereocenters. The topological polar surface area (TPSA) is 160 Å². The zero-order valence-electron chi connectivity index (χ0n) is 23.7. The number of carbonyl (C=O) groups excluding carboxylic acids is 1. The van der Waals surface area contributed by atoms with E-state index < -0.39 is 6.10 Å². The third-order valence-electron chi connectivity index (χ3n) is 6.70. The van der Waals surface area contributed by atoms with Crippen LogP contribution < -0.4 is 20.7 Å². The Labute approximate surface area is 244 Å². The van der Waals surface area contributed by atoms with Crippen molar-refractivity contribution in [3.8, 4) is 17.1 Å². The van der Waals surface area contributed by atoms with Gasteiger partial charge in [-0.05, 0) is 45.4 Å². The van der Waals surface area contributed by atoms with Gasteiger partial charge in [0.25, 0.3) is 0 Å². The van der Waals surface area contributed by atoms with E-state index in [0.29, 0.717) is 82.5 Å². The molecule has 1 aliphatic rings. The highest BCUT2D eigenvalue weighted by Gasteiger charge is 2.28. The molecule has 11 nitrogen and oxygen atoms in total. The van der Waals surface area contributed by atoms with Crippen LogP contribution in [0, 0.1) is 6.92 Å². The number of hydrogen-bond acceptors (Lipinski definition) is 11. The number of anilines is 2. The van der Waals surface area contributed by atoms with Crippen molar-refractivity contribution < 1.29 is 19.7 Å². The number of nitrogens with zero attached hydrogens (tertiary/aromatic N) is 5. The number of rotatable bonds is 12. The molecule has 0 amide bonds. The summed E-state index contributed by atoms with van der Waals surface area (Å²) in [5, 5.41) is 22.6. The normalized spacial score (nSPS) is 14.0. The number of aromatic nitrogens is 4. The Morgan fingerprint density at radius 1 is 1.24 bits per heavy atom. The summed E-state index contributed by atoms with van der Waals surface area (Å²) in [6.45, 7) is 8.40. The molecule has 1 atom stereocenters. The van der Waals surface area contributed by atoms with E-state index in [9.17, 15) is 9.90 Å². The van der Waals surface area contributed by atoms with Gasteiger partial charge in [-0.1, -0.05) is 24.9 Å². The molecule has 5 N–H and O–H groups in total. The van der Waals surface area contributed by atoms with Crippen LogP contribution >= 0.6 is 11.6 Å². The molecule has 0 radical (unpaired) electrons. The number of hydrogen-bond donors (Lipinski definition) is 4. The van der Waals surface area contributed by atoms with Gasteiger partial charge in [0.15, 0.2) is 11.6 Å². The molecular weight excluding hydrogens is 546 g/mol. The lowest BCUT2D eigenvalue weighted by molar-refractivity contribution is -0.111. The lowest BCUT2D eigenvalue weighted by Gasteiger charge is -2.22. The summed E-state index contributed by atoms with van der Waals surface area (Å²) in [6.07, 6.45) is 2.66. The molecule has 0 saturated carbocycles. The van der Waals surface area contributed by atoms with Crippen molar-refractivity contribution in [3.05, 3.63) is 57.6 Å². The van der Waals surface area contributed by atoms with Gasteiger partial charge in [0.1, 0.15) is 18.2 Å². The highest BCUT2D eigenvalue weighted by atomic mass is 35.5. The van der Waals surface area contributed by atoms with Crippen molar-refractivity contribution in [3.63, 3.8) is 0 Å². The number of nitrogens with two attached hydrogens (primary N) is 1. The van der Waals surface area contributed by atoms with Crippen LogP contribution in [0.4, 0.5) is 11.8 Å². The van der Waals surface area contributed by atoms with Crippen LogP contribution in [0.5, 0.6) is 5.75 Å². The summed E-state index contributed by atoms with van der Waals surface area (Å²) in [7, 11) is 0. The molecule has 4 rings (SSSR count). The van der Waals surface area contributed by atoms with Crippen LogP contribution in [0.3, 0.4) is 0 Å². The maximum atomic E-state index is 12.7. The van der Waals surface area contributed by atoms with Gasteiger partial charge in [-0.25, -0.2) is 19.9 Å². The van der Waals surface area contributed by atoms with Crippen molar-refractivity contribution >= 4 is 34.7 Å². The zero-order chi connectivity index (χ0) is 29.7. The van der Waals surface area contributed by atoms with E-state index in [1.54, 1.807) is 31.3 Å². The van der Waals surface area contributed by atoms with E-state index >= 15 is 0 Å². The smallest absolute Gasteiger partial charge is 0.223 e. The number of aliphatic hydroxyl groups is 2. The number of aliphatic hydroxyl groups excluding tert-OH is 2. The number of halogens is 1. The van der Waals surface area contributed by atoms with Gasteiger partial charge in [-0.15, -0.1) is 0 Å². The lowest BCUT2D eigenvalue weighted by atomic mass is 10.0. The first-order valence-electron chi connectivity index (χ1n) is 13.5. The molecule has 0 spiro atoms. The fourth-order valence-electron chi connectivity index (χ4n) is 4.74. The van der Waals surface area contributed by atoms with E-state index in [-0.39, 0.29) is 19.0 Å². The molecule has 41 heavy (non-hydrogen) atoms. The maximum Gasteiger partial charge on any atom is 0.223 e. The van der Waals surface area contributed by atoms with Gasteiger partial charge in [-0.3, -0.25) is 4.79 Å². The van der Waals surface area contributed by atoms with Crippen molar-refractivity contribution in [1.29, 1.82) is 0 Å². The SMILES string of the molecule is CCC[C@@H](O)COc1ccc(Cl)c(-c2nc(C(C(C)=O)=C(C)N)c(C)c(N3Cc4cnc(NCCO)nc4C3)n2)c1. The fraction of sp³-hybridized carbons (Fsp3) is 0.414. The Kier molecular flexibility index (Phi) is 9.74. The first-order valence-corrected chi connectivity index (χ1v) is 13.9. The molecule has 0 aliphatic carbocycles. The second kappa shape index (κ2) is 13.2. The summed E-state index contributed by atoms with van der Waals surface area (Å²) < 4.78 is 5.83. The van der Waals surface area contributed by atoms with Crippen molar-refractivity contribution in [1.82, 2.24) is 19.9 Å². The summed E-state index contributed by atoms with van der Waals surface area (Å²) in [4.78, 5) is 33.4. The van der Waals surface area contributed by atoms with Gasteiger partial charge in [-0.2, -0.15) is 0 Å². The molecule has 12 heteroatoms. The Balaban J connectivity index is 1.78. The average molecular weight is 582 g/mol. The Morgan fingerprint density at radius 3 is 2.71 bits per heavy atom. The minimum absolute atomic E-state index is 0.0288. The largest absolute Gasteiger partial charge is 0.491 e. The maximum absolute atomic E-state index is 12.7. The lowest BCUT2D eigenvalue weighted by Crippen LogP contribution is -2.20. The Morgan fingerprint density at radius 2 is 2.02 bits per heavy atom. The molecule has 218 valence electrons. The second-order valence-electron chi connectivity index (χ2n) is 10.0. The van der Waals surface area contributed by atoms with Crippen LogP contribution in [-0.2, 0) is 17.9 Å². The number of carbonyl (C=O) groups is 1. The predicted octanol–water partition coefficient (Wildman–Crippen LogP) is 3.64. The molecule has 1 aliphatic heterocycles. The second-order valence-corrected chi connectivity index (χ2v) is 10.4. The van der Waals surface area contributed by atoms with Gasteiger partial charge in [0, 0.05) is 41.7 Å². The van der Waals surface area contributed by atoms with Gasteiger partial charge in [0.2, 0.25) is 5.95 Å². The number of fused-ring (bicyclic) bond motifs is 1. The van der Waals surface area contributed by atoms with Crippen LogP contribution in [-0.4, -0.2) is 61.8 Å². The number of nitrogens with one attached hydrogen (secondary N) is 1. The summed E-state index contributed by atoms with van der Waals surface area (Å²) in [5.41, 5.74) is 10.2. The summed E-state index contributed by atoms with van der Waals surface area (Å²) in [5.74, 6) is 1.64. The van der Waals surface area contributed by atoms with Crippen molar-refractivity contribution in [2.75, 3.05) is 30.0 Å². The standard InChI is InChI=1S/C29H36ClN7O4/c1-5-6-20(40)15-41-21-7-8-23(30)22(11-21)27-35-26(25(17(3)31)18(4)39)16(2)28(36-27)37-13-19-12-33-29(32-9-10-38)34-24(19)14-37/h7-8,11-12,20,38,40H,5-6,9-10,13-15,31H2,1-4H3,(H,32,33,34)/t20-/m1/s1. The van der Waals surface area contributed by atoms with E-state index in [1.165, 1.54) is 6.92 Å². The van der Waals surface area contributed by atoms with Gasteiger partial charge < -0.3 is 30.9 Å². The molecule has 0 saturated heterocycles. The van der Waals surface area contributed by atoms with Crippen LogP contribution in [0.15, 0.2) is 30.1 Å². The summed E-state index contributed by atoms with van der Waals surface area (Å²) >= 11 is 6.64. The van der Waals surface area contributed by atoms with Gasteiger partial charge in [0.05, 0.1) is 41.2 Å². The predicted molar refractivity (Wildman–Crippen MR) is 159 cm³/mol. The van der Waals surface area contributed by atoms with E-state index in [4.69, 9.17) is 37.1 Å². The monoisotopic (exact) mass is 581 g/mol. The molecule has 0 fully saturated rings. The Hall–Kier alpha value is -3.80. The number of allylic oxidation sites excluding steroid dienone is 2. The number of ether oxygens (including phenoxy) is 1. The first kappa shape index (κ1) is 30.2. The fourth-order valence-corrected chi connectivity index (χ4v) is 4.94. The third kappa shape index (κ3) is 6.92. The van der Waals surface area contributed by atoms with Crippen molar-refractivity contribution in [2.45, 2.75) is 59.7 Å². The van der Waals surface area contributed by atoms with E-state index in [0.717, 1.165) is 17.7 Å². The molecule has 0 bridgehead atoms. The Bertz CT molecular complexity index is 1460. The van der Waals surface area contributed by atoms with Crippen LogP contribution in [0.25, 0.3) is 17.0 Å². The van der Waals surface area contributed by atoms with E-state index in [2.05, 4.69) is 15.3 Å². The number of ketones is 1. The summed E-state index contributed by atoms with van der Waals surface area (Å²) in [6, 6.07) is 5.15. The highest BCUT2D eigenvalue weighted by molar-refractivity contribution is 6.33. The third-order valence-corrected chi connectivity index (χ3v) is 7.03. The van der Waals surface area contributed by atoms with Gasteiger partial charge >= 0.3 is 0 Å². The minimum Gasteiger partial charge on any atom is -0.491 e. The molecular formula is C29H36ClN7O4. The van der Waals surface area contributed by atoms with Crippen LogP contribution in [0.2, 0.25) is 5.02 Å². The number of Topliss-reactive ketones (excluding diaryl/α,β-unsaturated/α-hetero) is 1. The molecule has 1 aromatic carbocycles. The average Bonchev–Trinajstić information content (AvgIpc) is 3.35. The molecule has 3 heterocycles. The first-order chi connectivity index (χ1) is 19.6. The van der Waals surface area contributed by atoms with Crippen molar-refractivity contribution in [2.24, 2.45) is 5.73 Å². The molecule has 3 aromatic rings. The number of benzene rings is 1. The quantitative estimate of drug-likeness (QED) is 0.231. The minimum atomic E-state index is -0.581. The van der Waals surface area contributed by atoms with Crippen LogP contribution in [0.1, 0.15) is 56.1 Å². The zero-order valence-corrected chi connectivity index (χ0v) is 24.5.